The van der Waals surface area contributed by atoms with Gasteiger partial charge in [-0.3, -0.25) is 14.5 Å². The molecule has 0 unspecified atom stereocenters. The van der Waals surface area contributed by atoms with E-state index < -0.39 is 5.41 Å². The smallest absolute Gasteiger partial charge is 0.238 e. The number of ketones is 1. The first-order chi connectivity index (χ1) is 15.9. The Bertz CT molecular complexity index is 1070. The summed E-state index contributed by atoms with van der Waals surface area (Å²) in [6.45, 7) is 8.25. The Morgan fingerprint density at radius 2 is 1.67 bits per heavy atom. The number of piperidine rings is 1. The lowest BCUT2D eigenvalue weighted by molar-refractivity contribution is -0.128. The minimum Gasteiger partial charge on any atom is -0.308 e. The second-order valence-corrected chi connectivity index (χ2v) is 10.6. The molecule has 2 heterocycles. The molecule has 1 aliphatic carbocycles. The molecule has 3 aliphatic rings. The summed E-state index contributed by atoms with van der Waals surface area (Å²) in [5.41, 5.74) is 4.36. The summed E-state index contributed by atoms with van der Waals surface area (Å²) in [6, 6.07) is 17.3. The Morgan fingerprint density at radius 3 is 2.39 bits per heavy atom. The molecule has 2 aromatic rings. The highest BCUT2D eigenvalue weighted by atomic mass is 16.2. The number of nitrogens with zero attached hydrogens (tertiary/aromatic N) is 2. The lowest BCUT2D eigenvalue weighted by Gasteiger charge is -2.49. The van der Waals surface area contributed by atoms with Crippen molar-refractivity contribution in [3.8, 4) is 0 Å². The van der Waals surface area contributed by atoms with Gasteiger partial charge in [-0.25, -0.2) is 0 Å². The van der Waals surface area contributed by atoms with E-state index in [0.717, 1.165) is 37.2 Å². The molecular weight excluding hydrogens is 408 g/mol. The molecule has 2 aliphatic heterocycles. The lowest BCUT2D eigenvalue weighted by Crippen LogP contribution is -2.54. The monoisotopic (exact) mass is 444 g/mol. The molecule has 2 aromatic carbocycles. The van der Waals surface area contributed by atoms with Gasteiger partial charge in [0.1, 0.15) is 5.78 Å². The van der Waals surface area contributed by atoms with Gasteiger partial charge in [-0.15, -0.1) is 0 Å². The second-order valence-electron chi connectivity index (χ2n) is 10.6. The number of anilines is 1. The van der Waals surface area contributed by atoms with Gasteiger partial charge in [-0.1, -0.05) is 49.4 Å². The maximum atomic E-state index is 13.8. The predicted molar refractivity (Wildman–Crippen MR) is 133 cm³/mol. The lowest BCUT2D eigenvalue weighted by atomic mass is 9.75. The van der Waals surface area contributed by atoms with E-state index in [0.29, 0.717) is 12.8 Å². The Morgan fingerprint density at radius 1 is 1.00 bits per heavy atom. The van der Waals surface area contributed by atoms with Crippen LogP contribution in [-0.2, 0) is 27.0 Å². The van der Waals surface area contributed by atoms with E-state index in [1.54, 1.807) is 0 Å². The molecule has 0 aromatic heterocycles. The maximum absolute atomic E-state index is 13.8. The molecule has 174 valence electrons. The third kappa shape index (κ3) is 3.54. The van der Waals surface area contributed by atoms with E-state index >= 15 is 0 Å². The predicted octanol–water partition coefficient (Wildman–Crippen LogP) is 5.38. The molecule has 4 heteroatoms. The number of Topliss-reactive ketones (excluding diaryl/α,β-unsaturated/α-hetero) is 1. The van der Waals surface area contributed by atoms with Crippen molar-refractivity contribution in [1.29, 1.82) is 0 Å². The quantitative estimate of drug-likeness (QED) is 0.622. The summed E-state index contributed by atoms with van der Waals surface area (Å²) in [4.78, 5) is 30.9. The van der Waals surface area contributed by atoms with Crippen LogP contribution in [0.4, 0.5) is 5.69 Å². The summed E-state index contributed by atoms with van der Waals surface area (Å²) in [6.07, 6.45) is 6.31. The number of fused-ring (bicyclic) bond motifs is 2. The van der Waals surface area contributed by atoms with Crippen LogP contribution in [0.15, 0.2) is 48.5 Å². The number of likely N-dealkylation sites (tertiary alicyclic amines) is 1. The van der Waals surface area contributed by atoms with Crippen molar-refractivity contribution >= 4 is 17.4 Å². The molecule has 1 fully saturated rings. The molecule has 1 saturated heterocycles. The van der Waals surface area contributed by atoms with Gasteiger partial charge in [0.25, 0.3) is 0 Å². The van der Waals surface area contributed by atoms with Crippen LogP contribution in [0.3, 0.4) is 0 Å². The maximum Gasteiger partial charge on any atom is 0.238 e. The normalized spacial score (nSPS) is 28.0. The summed E-state index contributed by atoms with van der Waals surface area (Å²) in [5.74, 6) is 0.263. The Balaban J connectivity index is 1.38. The zero-order chi connectivity index (χ0) is 23.2. The van der Waals surface area contributed by atoms with Gasteiger partial charge in [0.15, 0.2) is 0 Å². The van der Waals surface area contributed by atoms with E-state index in [1.165, 1.54) is 30.4 Å². The van der Waals surface area contributed by atoms with Crippen molar-refractivity contribution in [2.24, 2.45) is 0 Å². The molecular formula is C29H36N2O2. The number of amides is 1. The average Bonchev–Trinajstić information content (AvgIpc) is 3.06. The standard InChI is InChI=1S/C29H36N2O2/c1-4-23(32)20-28(2)25-13-7-8-14-26(25)31(27(28)33)22-15-18-30(19-16-22)29(3)17-9-11-21-10-5-6-12-24(21)29/h5-8,10,12-14,22H,4,9,11,15-20H2,1-3H3/t28-,29+/m1/s1. The summed E-state index contributed by atoms with van der Waals surface area (Å²) in [7, 11) is 0. The average molecular weight is 445 g/mol. The zero-order valence-corrected chi connectivity index (χ0v) is 20.3. The minimum atomic E-state index is -0.741. The van der Waals surface area contributed by atoms with Crippen LogP contribution in [0.25, 0.3) is 0 Å². The van der Waals surface area contributed by atoms with Gasteiger partial charge in [0.05, 0.1) is 5.41 Å². The number of para-hydroxylation sites is 1. The fourth-order valence-corrected chi connectivity index (χ4v) is 6.66. The largest absolute Gasteiger partial charge is 0.308 e. The summed E-state index contributed by atoms with van der Waals surface area (Å²) < 4.78 is 0. The van der Waals surface area contributed by atoms with Crippen molar-refractivity contribution in [3.05, 3.63) is 65.2 Å². The molecule has 0 radical (unpaired) electrons. The summed E-state index contributed by atoms with van der Waals surface area (Å²) in [5, 5.41) is 0. The van der Waals surface area contributed by atoms with Gasteiger partial charge in [0.2, 0.25) is 5.91 Å². The fraction of sp³-hybridized carbons (Fsp3) is 0.517. The zero-order valence-electron chi connectivity index (χ0n) is 20.3. The third-order valence-electron chi connectivity index (χ3n) is 8.63. The van der Waals surface area contributed by atoms with Crippen molar-refractivity contribution in [2.75, 3.05) is 18.0 Å². The molecule has 0 saturated carbocycles. The first-order valence-corrected chi connectivity index (χ1v) is 12.7. The van der Waals surface area contributed by atoms with Crippen molar-refractivity contribution in [1.82, 2.24) is 4.90 Å². The van der Waals surface area contributed by atoms with Gasteiger partial charge in [-0.05, 0) is 68.7 Å². The first kappa shape index (κ1) is 22.3. The summed E-state index contributed by atoms with van der Waals surface area (Å²) >= 11 is 0. The molecule has 0 spiro atoms. The highest BCUT2D eigenvalue weighted by Gasteiger charge is 2.51. The molecule has 1 amide bonds. The molecule has 2 atom stereocenters. The van der Waals surface area contributed by atoms with Gasteiger partial charge in [0, 0.05) is 43.2 Å². The van der Waals surface area contributed by atoms with Crippen LogP contribution in [0.1, 0.15) is 76.0 Å². The third-order valence-corrected chi connectivity index (χ3v) is 8.63. The van der Waals surface area contributed by atoms with Crippen LogP contribution < -0.4 is 4.90 Å². The van der Waals surface area contributed by atoms with Crippen molar-refractivity contribution in [3.63, 3.8) is 0 Å². The van der Waals surface area contributed by atoms with E-state index in [4.69, 9.17) is 0 Å². The molecule has 5 rings (SSSR count). The Labute approximate surface area is 198 Å². The second kappa shape index (κ2) is 8.39. The Hall–Kier alpha value is -2.46. The van der Waals surface area contributed by atoms with Crippen molar-refractivity contribution < 1.29 is 9.59 Å². The highest BCUT2D eigenvalue weighted by Crippen LogP contribution is 2.47. The highest BCUT2D eigenvalue weighted by molar-refractivity contribution is 6.10. The molecule has 0 N–H and O–H groups in total. The topological polar surface area (TPSA) is 40.6 Å². The number of benzene rings is 2. The number of aryl methyl sites for hydroxylation is 1. The number of carbonyl (C=O) groups excluding carboxylic acids is 2. The minimum absolute atomic E-state index is 0.0782. The van der Waals surface area contributed by atoms with Crippen molar-refractivity contribution in [2.45, 2.75) is 82.7 Å². The number of hydrogen-bond acceptors (Lipinski definition) is 3. The molecule has 4 nitrogen and oxygen atoms in total. The van der Waals surface area contributed by atoms with Gasteiger partial charge >= 0.3 is 0 Å². The van der Waals surface area contributed by atoms with Gasteiger partial charge in [-0.2, -0.15) is 0 Å². The van der Waals surface area contributed by atoms with E-state index in [9.17, 15) is 9.59 Å². The van der Waals surface area contributed by atoms with Crippen LogP contribution in [0.5, 0.6) is 0 Å². The van der Waals surface area contributed by atoms with E-state index in [1.807, 2.05) is 36.9 Å². The van der Waals surface area contributed by atoms with Crippen LogP contribution >= 0.6 is 0 Å². The first-order valence-electron chi connectivity index (χ1n) is 12.7. The molecule has 0 bridgehead atoms. The number of hydrogen-bond donors (Lipinski definition) is 0. The van der Waals surface area contributed by atoms with Gasteiger partial charge < -0.3 is 4.90 Å². The van der Waals surface area contributed by atoms with E-state index in [-0.39, 0.29) is 23.3 Å². The molecule has 33 heavy (non-hydrogen) atoms. The van der Waals surface area contributed by atoms with Crippen LogP contribution in [-0.4, -0.2) is 35.7 Å². The van der Waals surface area contributed by atoms with E-state index in [2.05, 4.69) is 42.2 Å². The number of rotatable bonds is 5. The fourth-order valence-electron chi connectivity index (χ4n) is 6.66. The van der Waals surface area contributed by atoms with Crippen LogP contribution in [0, 0.1) is 0 Å². The number of carbonyl (C=O) groups is 2. The Kier molecular flexibility index (Phi) is 5.68. The SMILES string of the molecule is CCC(=O)C[C@@]1(C)C(=O)N(C2CCN([C@@]3(C)CCCc4ccccc43)CC2)c2ccccc21. The van der Waals surface area contributed by atoms with Crippen LogP contribution in [0.2, 0.25) is 0 Å².